The highest BCUT2D eigenvalue weighted by Crippen LogP contribution is 2.46. The van der Waals surface area contributed by atoms with E-state index in [9.17, 15) is 19.2 Å². The predicted molar refractivity (Wildman–Crippen MR) is 140 cm³/mol. The van der Waals surface area contributed by atoms with Gasteiger partial charge in [-0.2, -0.15) is 0 Å². The van der Waals surface area contributed by atoms with Crippen molar-refractivity contribution in [2.75, 3.05) is 12.0 Å². The summed E-state index contributed by atoms with van der Waals surface area (Å²) in [6.45, 7) is 0. The third-order valence-corrected chi connectivity index (χ3v) is 6.98. The van der Waals surface area contributed by atoms with E-state index in [1.165, 1.54) is 30.2 Å². The topological polar surface area (TPSA) is 83.8 Å². The van der Waals surface area contributed by atoms with Crippen LogP contribution in [0.4, 0.5) is 5.69 Å². The van der Waals surface area contributed by atoms with Gasteiger partial charge in [-0.3, -0.25) is 19.2 Å². The number of hydrogen-bond acceptors (Lipinski definition) is 5. The largest absolute Gasteiger partial charge is 0.497 e. The average molecular weight is 503 g/mol. The van der Waals surface area contributed by atoms with Crippen LogP contribution in [0, 0.1) is 0 Å². The lowest BCUT2D eigenvalue weighted by molar-refractivity contribution is 0.0833. The van der Waals surface area contributed by atoms with Crippen LogP contribution >= 0.6 is 0 Å². The molecule has 4 aromatic rings. The van der Waals surface area contributed by atoms with Gasteiger partial charge in [-0.25, -0.2) is 4.90 Å². The van der Waals surface area contributed by atoms with Crippen molar-refractivity contribution in [2.24, 2.45) is 0 Å². The number of benzene rings is 4. The molecule has 0 unspecified atom stereocenters. The molecule has 38 heavy (non-hydrogen) atoms. The lowest BCUT2D eigenvalue weighted by atomic mass is 10.0. The highest BCUT2D eigenvalue weighted by Gasteiger charge is 2.56. The average Bonchev–Trinajstić information content (AvgIpc) is 3.67. The van der Waals surface area contributed by atoms with Gasteiger partial charge < -0.3 is 9.64 Å². The predicted octanol–water partition coefficient (Wildman–Crippen LogP) is 4.94. The van der Waals surface area contributed by atoms with Crippen LogP contribution in [0.1, 0.15) is 53.0 Å². The molecular weight excluding hydrogens is 480 g/mol. The highest BCUT2D eigenvalue weighted by molar-refractivity contribution is 6.34. The second-order valence-electron chi connectivity index (χ2n) is 9.15. The second kappa shape index (κ2) is 9.12. The van der Waals surface area contributed by atoms with Gasteiger partial charge in [0, 0.05) is 11.1 Å². The van der Waals surface area contributed by atoms with Crippen molar-refractivity contribution in [3.05, 3.63) is 131 Å². The molecule has 1 saturated heterocycles. The maximum Gasteiger partial charge on any atom is 0.266 e. The molecule has 0 bridgehead atoms. The maximum atomic E-state index is 13.7. The zero-order chi connectivity index (χ0) is 26.4. The number of carbonyl (C=O) groups is 4. The molecule has 0 saturated carbocycles. The van der Waals surface area contributed by atoms with E-state index in [1.807, 2.05) is 36.4 Å². The van der Waals surface area contributed by atoms with Gasteiger partial charge in [-0.05, 0) is 48.0 Å². The van der Waals surface area contributed by atoms with E-state index in [0.717, 1.165) is 10.5 Å². The van der Waals surface area contributed by atoms with Gasteiger partial charge in [0.15, 0.2) is 5.78 Å². The molecule has 0 N–H and O–H groups in total. The Hall–Kier alpha value is -5.04. The summed E-state index contributed by atoms with van der Waals surface area (Å²) in [5.41, 5.74) is 2.41. The molecule has 7 heteroatoms. The lowest BCUT2D eigenvalue weighted by Crippen LogP contribution is -2.29. The van der Waals surface area contributed by atoms with Crippen LogP contribution in [0.25, 0.3) is 0 Å². The summed E-state index contributed by atoms with van der Waals surface area (Å²) in [6.07, 6.45) is 0. The van der Waals surface area contributed by atoms with Crippen LogP contribution < -0.4 is 9.64 Å². The van der Waals surface area contributed by atoms with Crippen LogP contribution in [0.5, 0.6) is 5.75 Å². The first-order chi connectivity index (χ1) is 18.5. The zero-order valence-electron chi connectivity index (χ0n) is 20.4. The minimum Gasteiger partial charge on any atom is -0.497 e. The summed E-state index contributed by atoms with van der Waals surface area (Å²) in [5.74, 6) is -0.887. The van der Waals surface area contributed by atoms with Crippen molar-refractivity contribution in [3.8, 4) is 5.75 Å². The third-order valence-electron chi connectivity index (χ3n) is 6.98. The van der Waals surface area contributed by atoms with E-state index in [-0.39, 0.29) is 28.4 Å². The Kier molecular flexibility index (Phi) is 5.61. The minimum atomic E-state index is -0.659. The molecule has 6 rings (SSSR count). The zero-order valence-corrected chi connectivity index (χ0v) is 20.4. The normalized spacial score (nSPS) is 17.8. The van der Waals surface area contributed by atoms with Crippen molar-refractivity contribution in [2.45, 2.75) is 12.1 Å². The van der Waals surface area contributed by atoms with Gasteiger partial charge in [-0.15, -0.1) is 0 Å². The van der Waals surface area contributed by atoms with Crippen LogP contribution in [0.3, 0.4) is 0 Å². The molecule has 7 nitrogen and oxygen atoms in total. The van der Waals surface area contributed by atoms with E-state index >= 15 is 0 Å². The fourth-order valence-corrected chi connectivity index (χ4v) is 5.01. The number of ether oxygens (including phenoxy) is 1. The molecule has 1 fully saturated rings. The van der Waals surface area contributed by atoms with Crippen LogP contribution in [0.2, 0.25) is 0 Å². The first-order valence-electron chi connectivity index (χ1n) is 12.1. The molecule has 0 radical (unpaired) electrons. The molecule has 0 aliphatic carbocycles. The number of amides is 3. The Bertz CT molecular complexity index is 1580. The van der Waals surface area contributed by atoms with Crippen molar-refractivity contribution in [1.29, 1.82) is 0 Å². The summed E-state index contributed by atoms with van der Waals surface area (Å²) in [4.78, 5) is 56.0. The first kappa shape index (κ1) is 23.4. The van der Waals surface area contributed by atoms with E-state index in [2.05, 4.69) is 0 Å². The molecular formula is C31H22N2O5. The molecule has 0 spiro atoms. The van der Waals surface area contributed by atoms with Crippen molar-refractivity contribution in [3.63, 3.8) is 0 Å². The fraction of sp³-hybridized carbons (Fsp3) is 0.0968. The molecule has 2 aliphatic rings. The monoisotopic (exact) mass is 502 g/mol. The van der Waals surface area contributed by atoms with Crippen molar-refractivity contribution >= 4 is 29.2 Å². The highest BCUT2D eigenvalue weighted by atomic mass is 16.5. The molecule has 0 aromatic heterocycles. The molecule has 2 aliphatic heterocycles. The third kappa shape index (κ3) is 3.76. The molecule has 2 atom stereocenters. The number of imide groups is 1. The number of rotatable bonds is 6. The Morgan fingerprint density at radius 1 is 0.711 bits per heavy atom. The second-order valence-corrected chi connectivity index (χ2v) is 9.15. The number of nitrogens with zero attached hydrogens (tertiary/aromatic N) is 2. The molecule has 2 heterocycles. The lowest BCUT2D eigenvalue weighted by Gasteiger charge is -2.14. The standard InChI is InChI=1S/C31H22N2O5/c1-38-23-15-13-22(14-16-23)32-30(36)24-17-12-21(18-25(24)31(32)37)29(35)33-26(19-8-4-2-5-9-19)27(33)28(34)20-10-6-3-7-11-20/h2-18,26-27H,1H3/t26-,27+,33?/m0/s1. The van der Waals surface area contributed by atoms with Gasteiger partial charge in [0.2, 0.25) is 0 Å². The van der Waals surface area contributed by atoms with E-state index in [0.29, 0.717) is 17.0 Å². The Morgan fingerprint density at radius 3 is 2.00 bits per heavy atom. The quantitative estimate of drug-likeness (QED) is 0.212. The summed E-state index contributed by atoms with van der Waals surface area (Å²) >= 11 is 0. The first-order valence-corrected chi connectivity index (χ1v) is 12.1. The van der Waals surface area contributed by atoms with E-state index in [1.54, 1.807) is 48.5 Å². The number of Topliss-reactive ketones (excluding diaryl/α,β-unsaturated/α-hetero) is 1. The minimum absolute atomic E-state index is 0.147. The van der Waals surface area contributed by atoms with E-state index < -0.39 is 23.9 Å². The van der Waals surface area contributed by atoms with Crippen LogP contribution in [-0.4, -0.2) is 41.6 Å². The summed E-state index contributed by atoms with van der Waals surface area (Å²) < 4.78 is 5.16. The van der Waals surface area contributed by atoms with Gasteiger partial charge in [0.25, 0.3) is 17.7 Å². The van der Waals surface area contributed by atoms with Crippen LogP contribution in [0.15, 0.2) is 103 Å². The molecule has 3 amide bonds. The Morgan fingerprint density at radius 2 is 1.34 bits per heavy atom. The van der Waals surface area contributed by atoms with Gasteiger partial charge in [0.1, 0.15) is 11.8 Å². The number of carbonyl (C=O) groups excluding carboxylic acids is 4. The summed E-state index contributed by atoms with van der Waals surface area (Å²) in [6, 6.07) is 28.3. The Balaban J connectivity index is 1.31. The number of fused-ring (bicyclic) bond motifs is 1. The summed E-state index contributed by atoms with van der Waals surface area (Å²) in [7, 11) is 1.53. The molecule has 186 valence electrons. The Labute approximate surface area is 218 Å². The van der Waals surface area contributed by atoms with E-state index in [4.69, 9.17) is 4.74 Å². The molecule has 4 aromatic carbocycles. The van der Waals surface area contributed by atoms with Crippen molar-refractivity contribution < 1.29 is 23.9 Å². The summed E-state index contributed by atoms with van der Waals surface area (Å²) in [5, 5.41) is 0. The SMILES string of the molecule is COc1ccc(N2C(=O)c3ccc(C(=O)N4[C@@H](C(=O)c5ccccc5)[C@@H]4c4ccccc4)cc3C2=O)cc1. The van der Waals surface area contributed by atoms with Gasteiger partial charge >= 0.3 is 0 Å². The number of anilines is 1. The maximum absolute atomic E-state index is 13.7. The fourth-order valence-electron chi connectivity index (χ4n) is 5.01. The van der Waals surface area contributed by atoms with Gasteiger partial charge in [-0.1, -0.05) is 60.7 Å². The number of hydrogen-bond donors (Lipinski definition) is 0. The van der Waals surface area contributed by atoms with Gasteiger partial charge in [0.05, 0.1) is 30.0 Å². The smallest absolute Gasteiger partial charge is 0.266 e. The van der Waals surface area contributed by atoms with Crippen molar-refractivity contribution in [1.82, 2.24) is 4.90 Å². The number of ketones is 1. The number of methoxy groups -OCH3 is 1. The van der Waals surface area contributed by atoms with Crippen LogP contribution in [-0.2, 0) is 0 Å².